The van der Waals surface area contributed by atoms with Gasteiger partial charge in [-0.2, -0.15) is 5.48 Å². The molecule has 0 bridgehead atoms. The van der Waals surface area contributed by atoms with Crippen LogP contribution in [0.1, 0.15) is 38.5 Å². The zero-order valence-electron chi connectivity index (χ0n) is 14.6. The Balaban J connectivity index is 1.27. The van der Waals surface area contributed by atoms with Crippen LogP contribution in [0.4, 0.5) is 0 Å². The summed E-state index contributed by atoms with van der Waals surface area (Å²) in [7, 11) is 4.30. The number of nitrogens with zero attached hydrogens (tertiary/aromatic N) is 2. The van der Waals surface area contributed by atoms with Crippen molar-refractivity contribution in [3.63, 3.8) is 0 Å². The van der Waals surface area contributed by atoms with Crippen LogP contribution in [0.15, 0.2) is 0 Å². The molecule has 23 heavy (non-hydrogen) atoms. The summed E-state index contributed by atoms with van der Waals surface area (Å²) in [6.07, 6.45) is 8.88. The van der Waals surface area contributed by atoms with Crippen molar-refractivity contribution in [2.45, 2.75) is 63.1 Å². The molecular formula is C17H33N5O. The zero-order chi connectivity index (χ0) is 15.8. The zero-order valence-corrected chi connectivity index (χ0v) is 14.6. The lowest BCUT2D eigenvalue weighted by Crippen LogP contribution is -2.54. The van der Waals surface area contributed by atoms with Crippen molar-refractivity contribution >= 4 is 0 Å². The van der Waals surface area contributed by atoms with E-state index in [0.717, 1.165) is 12.5 Å². The van der Waals surface area contributed by atoms with Crippen LogP contribution < -0.4 is 16.1 Å². The highest BCUT2D eigenvalue weighted by molar-refractivity contribution is 4.93. The van der Waals surface area contributed by atoms with Gasteiger partial charge in [0, 0.05) is 19.0 Å². The number of piperidine rings is 1. The molecule has 5 atom stereocenters. The average Bonchev–Trinajstić information content (AvgIpc) is 3.05. The Morgan fingerprint density at radius 2 is 2.00 bits per heavy atom. The molecule has 0 aromatic rings. The molecule has 4 fully saturated rings. The van der Waals surface area contributed by atoms with Gasteiger partial charge in [-0.3, -0.25) is 20.0 Å². The van der Waals surface area contributed by atoms with E-state index in [-0.39, 0.29) is 6.23 Å². The van der Waals surface area contributed by atoms with E-state index in [2.05, 4.69) is 40.0 Å². The van der Waals surface area contributed by atoms with Crippen molar-refractivity contribution in [2.24, 2.45) is 11.8 Å². The summed E-state index contributed by atoms with van der Waals surface area (Å²) in [5, 5.41) is 7.39. The van der Waals surface area contributed by atoms with Crippen molar-refractivity contribution in [1.29, 1.82) is 0 Å². The summed E-state index contributed by atoms with van der Waals surface area (Å²) in [4.78, 5) is 10.9. The summed E-state index contributed by atoms with van der Waals surface area (Å²) in [6, 6.07) is 0.555. The number of nitrogens with one attached hydrogen (secondary N) is 3. The van der Waals surface area contributed by atoms with Crippen LogP contribution in [-0.2, 0) is 4.84 Å². The van der Waals surface area contributed by atoms with E-state index in [4.69, 9.17) is 4.84 Å². The lowest BCUT2D eigenvalue weighted by molar-refractivity contribution is -0.0246. The first-order valence-corrected chi connectivity index (χ1v) is 9.52. The molecule has 4 aliphatic rings. The highest BCUT2D eigenvalue weighted by Gasteiger charge is 2.41. The number of hydrogen-bond acceptors (Lipinski definition) is 6. The SMILES string of the molecule is CN(C)C1CCC(C2NOC(C3CCCN3CC3CC3)N2)CN1. The average molecular weight is 323 g/mol. The van der Waals surface area contributed by atoms with Gasteiger partial charge >= 0.3 is 0 Å². The van der Waals surface area contributed by atoms with Crippen LogP contribution in [-0.4, -0.2) is 68.1 Å². The molecule has 0 radical (unpaired) electrons. The van der Waals surface area contributed by atoms with E-state index in [1.807, 2.05) is 0 Å². The van der Waals surface area contributed by atoms with E-state index in [1.165, 1.54) is 51.6 Å². The van der Waals surface area contributed by atoms with Gasteiger partial charge in [-0.25, -0.2) is 0 Å². The Morgan fingerprint density at radius 1 is 1.13 bits per heavy atom. The smallest absolute Gasteiger partial charge is 0.146 e. The van der Waals surface area contributed by atoms with Crippen molar-refractivity contribution < 1.29 is 4.84 Å². The van der Waals surface area contributed by atoms with E-state index in [1.54, 1.807) is 0 Å². The summed E-state index contributed by atoms with van der Waals surface area (Å²) in [5.41, 5.74) is 3.30. The number of hydroxylamine groups is 1. The molecule has 5 unspecified atom stereocenters. The van der Waals surface area contributed by atoms with Crippen LogP contribution in [0.25, 0.3) is 0 Å². The highest BCUT2D eigenvalue weighted by Crippen LogP contribution is 2.33. The molecule has 0 spiro atoms. The minimum absolute atomic E-state index is 0.160. The molecule has 132 valence electrons. The minimum Gasteiger partial charge on any atom is -0.301 e. The fourth-order valence-corrected chi connectivity index (χ4v) is 4.46. The van der Waals surface area contributed by atoms with Gasteiger partial charge in [0.05, 0.1) is 18.4 Å². The van der Waals surface area contributed by atoms with Crippen molar-refractivity contribution in [3.8, 4) is 0 Å². The molecule has 6 nitrogen and oxygen atoms in total. The molecule has 4 rings (SSSR count). The minimum atomic E-state index is 0.160. The number of likely N-dealkylation sites (tertiary alicyclic amines) is 1. The molecule has 3 aliphatic heterocycles. The molecule has 3 heterocycles. The monoisotopic (exact) mass is 323 g/mol. The summed E-state index contributed by atoms with van der Waals surface area (Å²) in [5.74, 6) is 1.57. The van der Waals surface area contributed by atoms with Gasteiger partial charge in [0.1, 0.15) is 6.23 Å². The third-order valence-corrected chi connectivity index (χ3v) is 6.14. The topological polar surface area (TPSA) is 51.8 Å². The second-order valence-electron chi connectivity index (χ2n) is 8.17. The molecule has 3 N–H and O–H groups in total. The lowest BCUT2D eigenvalue weighted by atomic mass is 9.94. The molecule has 1 aliphatic carbocycles. The summed E-state index contributed by atoms with van der Waals surface area (Å²) in [6.45, 7) is 3.59. The first-order chi connectivity index (χ1) is 11.2. The molecule has 1 saturated carbocycles. The number of hydrogen-bond donors (Lipinski definition) is 3. The van der Waals surface area contributed by atoms with Gasteiger partial charge in [0.15, 0.2) is 0 Å². The van der Waals surface area contributed by atoms with Gasteiger partial charge in [-0.1, -0.05) is 0 Å². The van der Waals surface area contributed by atoms with Crippen LogP contribution in [0.2, 0.25) is 0 Å². The Morgan fingerprint density at radius 3 is 2.70 bits per heavy atom. The normalized spacial score (nSPS) is 42.7. The Kier molecular flexibility index (Phi) is 4.90. The van der Waals surface area contributed by atoms with E-state index >= 15 is 0 Å². The molecule has 6 heteroatoms. The van der Waals surface area contributed by atoms with Gasteiger partial charge < -0.3 is 5.32 Å². The fraction of sp³-hybridized carbons (Fsp3) is 1.00. The Labute approximate surface area is 140 Å². The van der Waals surface area contributed by atoms with E-state index in [9.17, 15) is 0 Å². The van der Waals surface area contributed by atoms with Gasteiger partial charge in [-0.05, 0) is 65.1 Å². The molecule has 0 aromatic heterocycles. The van der Waals surface area contributed by atoms with Gasteiger partial charge in [0.25, 0.3) is 0 Å². The third kappa shape index (κ3) is 3.72. The fourth-order valence-electron chi connectivity index (χ4n) is 4.46. The van der Waals surface area contributed by atoms with E-state index < -0.39 is 0 Å². The standard InChI is InChI=1S/C17H33N5O/c1-21(2)15-8-7-13(10-18-15)16-19-17(23-20-16)14-4-3-9-22(14)11-12-5-6-12/h12-20H,3-11H2,1-2H3. The van der Waals surface area contributed by atoms with E-state index in [0.29, 0.717) is 24.3 Å². The largest absolute Gasteiger partial charge is 0.301 e. The van der Waals surface area contributed by atoms with Crippen LogP contribution in [0.5, 0.6) is 0 Å². The van der Waals surface area contributed by atoms with Crippen molar-refractivity contribution in [3.05, 3.63) is 0 Å². The Bertz CT molecular complexity index is 394. The second-order valence-corrected chi connectivity index (χ2v) is 8.17. The Hall–Kier alpha value is -0.240. The maximum absolute atomic E-state index is 5.97. The van der Waals surface area contributed by atoms with Crippen molar-refractivity contribution in [1.82, 2.24) is 25.9 Å². The summed E-state index contributed by atoms with van der Waals surface area (Å²) >= 11 is 0. The summed E-state index contributed by atoms with van der Waals surface area (Å²) < 4.78 is 0. The van der Waals surface area contributed by atoms with Crippen LogP contribution in [0, 0.1) is 11.8 Å². The van der Waals surface area contributed by atoms with Gasteiger partial charge in [-0.15, -0.1) is 0 Å². The molecule has 0 aromatic carbocycles. The van der Waals surface area contributed by atoms with Gasteiger partial charge in [0.2, 0.25) is 0 Å². The lowest BCUT2D eigenvalue weighted by Gasteiger charge is -2.36. The quantitative estimate of drug-likeness (QED) is 0.686. The first kappa shape index (κ1) is 16.2. The molecular weight excluding hydrogens is 290 g/mol. The maximum Gasteiger partial charge on any atom is 0.146 e. The predicted molar refractivity (Wildman–Crippen MR) is 90.5 cm³/mol. The molecule has 0 amide bonds. The molecule has 3 saturated heterocycles. The number of rotatable bonds is 5. The van der Waals surface area contributed by atoms with Crippen LogP contribution in [0.3, 0.4) is 0 Å². The van der Waals surface area contributed by atoms with Crippen molar-refractivity contribution in [2.75, 3.05) is 33.7 Å². The third-order valence-electron chi connectivity index (χ3n) is 6.14. The second kappa shape index (κ2) is 6.94. The maximum atomic E-state index is 5.97. The van der Waals surface area contributed by atoms with Crippen LogP contribution >= 0.6 is 0 Å². The first-order valence-electron chi connectivity index (χ1n) is 9.52. The highest BCUT2D eigenvalue weighted by atomic mass is 16.7. The predicted octanol–water partition coefficient (Wildman–Crippen LogP) is 0.525.